The van der Waals surface area contributed by atoms with E-state index in [1.807, 2.05) is 13.8 Å². The van der Waals surface area contributed by atoms with Gasteiger partial charge < -0.3 is 15.3 Å². The Bertz CT molecular complexity index is 331. The predicted molar refractivity (Wildman–Crippen MR) is 89.8 cm³/mol. The van der Waals surface area contributed by atoms with Crippen molar-refractivity contribution in [3.63, 3.8) is 0 Å². The fourth-order valence-corrected chi connectivity index (χ4v) is 2.51. The summed E-state index contributed by atoms with van der Waals surface area (Å²) in [5, 5.41) is 11.8. The molecule has 2 N–H and O–H groups in total. The van der Waals surface area contributed by atoms with Crippen LogP contribution in [0.2, 0.25) is 0 Å². The van der Waals surface area contributed by atoms with Gasteiger partial charge in [-0.2, -0.15) is 0 Å². The Morgan fingerprint density at radius 2 is 1.45 bits per heavy atom. The number of carboxylic acid groups (broad SMARTS) is 1. The van der Waals surface area contributed by atoms with E-state index in [9.17, 15) is 9.59 Å². The van der Waals surface area contributed by atoms with Crippen LogP contribution in [0, 0.1) is 17.8 Å². The summed E-state index contributed by atoms with van der Waals surface area (Å²) in [4.78, 5) is 25.5. The van der Waals surface area contributed by atoms with Crippen LogP contribution >= 0.6 is 0 Å². The lowest BCUT2D eigenvalue weighted by Gasteiger charge is -2.26. The second kappa shape index (κ2) is 10.6. The second-order valence-corrected chi connectivity index (χ2v) is 7.39. The lowest BCUT2D eigenvalue weighted by atomic mass is 10.0. The Balaban J connectivity index is 4.39. The van der Waals surface area contributed by atoms with E-state index in [-0.39, 0.29) is 11.8 Å². The van der Waals surface area contributed by atoms with Gasteiger partial charge in [-0.1, -0.05) is 41.5 Å². The summed E-state index contributed by atoms with van der Waals surface area (Å²) >= 11 is 0. The van der Waals surface area contributed by atoms with Crippen LogP contribution in [-0.4, -0.2) is 47.6 Å². The van der Waals surface area contributed by atoms with Crippen molar-refractivity contribution in [2.45, 2.75) is 60.4 Å². The Morgan fingerprint density at radius 3 is 1.82 bits per heavy atom. The summed E-state index contributed by atoms with van der Waals surface area (Å²) < 4.78 is 0. The molecule has 0 rings (SSSR count). The number of carbonyl (C=O) groups is 2. The number of rotatable bonds is 11. The van der Waals surface area contributed by atoms with E-state index in [0.29, 0.717) is 31.2 Å². The molecule has 0 aromatic heterocycles. The molecular weight excluding hydrogens is 280 g/mol. The molecule has 0 saturated carbocycles. The second-order valence-electron chi connectivity index (χ2n) is 7.39. The van der Waals surface area contributed by atoms with Crippen molar-refractivity contribution in [3.05, 3.63) is 0 Å². The first-order valence-electron chi connectivity index (χ1n) is 8.36. The minimum Gasteiger partial charge on any atom is -0.480 e. The topological polar surface area (TPSA) is 69.6 Å². The lowest BCUT2D eigenvalue weighted by molar-refractivity contribution is -0.142. The molecule has 5 heteroatoms. The van der Waals surface area contributed by atoms with Crippen LogP contribution < -0.4 is 5.32 Å². The first kappa shape index (κ1) is 20.9. The predicted octanol–water partition coefficient (Wildman–Crippen LogP) is 2.61. The van der Waals surface area contributed by atoms with E-state index in [2.05, 4.69) is 37.9 Å². The third-order valence-electron chi connectivity index (χ3n) is 3.24. The molecule has 0 aliphatic carbocycles. The summed E-state index contributed by atoms with van der Waals surface area (Å²) in [5.41, 5.74) is 0. The largest absolute Gasteiger partial charge is 0.480 e. The zero-order valence-electron chi connectivity index (χ0n) is 15.1. The summed E-state index contributed by atoms with van der Waals surface area (Å²) in [7, 11) is 0. The van der Waals surface area contributed by atoms with Crippen LogP contribution in [0.5, 0.6) is 0 Å². The van der Waals surface area contributed by atoms with Crippen LogP contribution in [0.4, 0.5) is 0 Å². The molecule has 0 aromatic rings. The number of aliphatic carboxylic acids is 1. The molecule has 0 bridgehead atoms. The highest BCUT2D eigenvalue weighted by molar-refractivity contribution is 5.83. The number of nitrogens with zero attached hydrogens (tertiary/aromatic N) is 1. The minimum absolute atomic E-state index is 0.175. The van der Waals surface area contributed by atoms with Crippen molar-refractivity contribution in [3.8, 4) is 0 Å². The first-order valence-corrected chi connectivity index (χ1v) is 8.36. The van der Waals surface area contributed by atoms with Crippen LogP contribution in [0.1, 0.15) is 54.4 Å². The molecule has 0 aliphatic rings. The number of hydrogen-bond donors (Lipinski definition) is 2. The molecule has 0 saturated heterocycles. The number of hydrogen-bond acceptors (Lipinski definition) is 3. The maximum Gasteiger partial charge on any atom is 0.326 e. The standard InChI is InChI=1S/C17H34N2O3/c1-12(2)9-15(17(21)22)18-16(20)7-8-19(10-13(3)4)11-14(5)6/h12-15H,7-11H2,1-6H3,(H,18,20)(H,21,22). The Morgan fingerprint density at radius 1 is 0.955 bits per heavy atom. The van der Waals surface area contributed by atoms with Crippen molar-refractivity contribution in [1.82, 2.24) is 10.2 Å². The Labute approximate surface area is 135 Å². The van der Waals surface area contributed by atoms with Gasteiger partial charge >= 0.3 is 5.97 Å². The molecular formula is C17H34N2O3. The molecule has 130 valence electrons. The van der Waals surface area contributed by atoms with Crippen molar-refractivity contribution in [2.24, 2.45) is 17.8 Å². The fourth-order valence-electron chi connectivity index (χ4n) is 2.51. The van der Waals surface area contributed by atoms with Crippen molar-refractivity contribution >= 4 is 11.9 Å². The highest BCUT2D eigenvalue weighted by Crippen LogP contribution is 2.07. The summed E-state index contributed by atoms with van der Waals surface area (Å²) in [5.74, 6) is 0.206. The third-order valence-corrected chi connectivity index (χ3v) is 3.24. The third kappa shape index (κ3) is 10.6. The quantitative estimate of drug-likeness (QED) is 0.615. The monoisotopic (exact) mass is 314 g/mol. The zero-order chi connectivity index (χ0) is 17.3. The molecule has 1 unspecified atom stereocenters. The molecule has 1 atom stereocenters. The van der Waals surface area contributed by atoms with Gasteiger partial charge in [0.1, 0.15) is 6.04 Å². The number of nitrogens with one attached hydrogen (secondary N) is 1. The fraction of sp³-hybridized carbons (Fsp3) is 0.882. The van der Waals surface area contributed by atoms with Gasteiger partial charge in [0.05, 0.1) is 0 Å². The van der Waals surface area contributed by atoms with Gasteiger partial charge in [-0.15, -0.1) is 0 Å². The van der Waals surface area contributed by atoms with Crippen molar-refractivity contribution in [1.29, 1.82) is 0 Å². The van der Waals surface area contributed by atoms with Crippen molar-refractivity contribution < 1.29 is 14.7 Å². The van der Waals surface area contributed by atoms with E-state index in [1.165, 1.54) is 0 Å². The summed E-state index contributed by atoms with van der Waals surface area (Å²) in [6.45, 7) is 15.2. The molecule has 0 heterocycles. The van der Waals surface area contributed by atoms with Gasteiger partial charge in [0, 0.05) is 26.1 Å². The average Bonchev–Trinajstić information content (AvgIpc) is 2.33. The van der Waals surface area contributed by atoms with Gasteiger partial charge in [-0.05, 0) is 24.2 Å². The molecule has 0 fully saturated rings. The summed E-state index contributed by atoms with van der Waals surface area (Å²) in [6.07, 6.45) is 0.810. The minimum atomic E-state index is -0.955. The average molecular weight is 314 g/mol. The van der Waals surface area contributed by atoms with E-state index < -0.39 is 12.0 Å². The highest BCUT2D eigenvalue weighted by Gasteiger charge is 2.21. The van der Waals surface area contributed by atoms with Gasteiger partial charge in [-0.25, -0.2) is 4.79 Å². The van der Waals surface area contributed by atoms with E-state index in [0.717, 1.165) is 13.1 Å². The van der Waals surface area contributed by atoms with E-state index >= 15 is 0 Å². The van der Waals surface area contributed by atoms with Crippen molar-refractivity contribution in [2.75, 3.05) is 19.6 Å². The Kier molecular flexibility index (Phi) is 10.1. The number of carbonyl (C=O) groups excluding carboxylic acids is 1. The summed E-state index contributed by atoms with van der Waals surface area (Å²) in [6, 6.07) is -0.781. The Hall–Kier alpha value is -1.10. The molecule has 0 spiro atoms. The smallest absolute Gasteiger partial charge is 0.326 e. The van der Waals surface area contributed by atoms with Crippen LogP contribution in [0.15, 0.2) is 0 Å². The van der Waals surface area contributed by atoms with Gasteiger partial charge in [0.2, 0.25) is 5.91 Å². The molecule has 1 amide bonds. The van der Waals surface area contributed by atoms with Gasteiger partial charge in [0.25, 0.3) is 0 Å². The molecule has 0 radical (unpaired) electrons. The van der Waals surface area contributed by atoms with Crippen LogP contribution in [0.25, 0.3) is 0 Å². The van der Waals surface area contributed by atoms with Crippen LogP contribution in [0.3, 0.4) is 0 Å². The highest BCUT2D eigenvalue weighted by atomic mass is 16.4. The zero-order valence-corrected chi connectivity index (χ0v) is 15.1. The molecule has 0 aliphatic heterocycles. The maximum atomic E-state index is 12.0. The van der Waals surface area contributed by atoms with Crippen LogP contribution in [-0.2, 0) is 9.59 Å². The maximum absolute atomic E-state index is 12.0. The molecule has 5 nitrogen and oxygen atoms in total. The van der Waals surface area contributed by atoms with Gasteiger partial charge in [0.15, 0.2) is 0 Å². The normalized spacial score (nSPS) is 13.2. The van der Waals surface area contributed by atoms with E-state index in [4.69, 9.17) is 5.11 Å². The molecule has 22 heavy (non-hydrogen) atoms. The molecule has 0 aromatic carbocycles. The van der Waals surface area contributed by atoms with Gasteiger partial charge in [-0.3, -0.25) is 4.79 Å². The number of amides is 1. The lowest BCUT2D eigenvalue weighted by Crippen LogP contribution is -2.43. The van der Waals surface area contributed by atoms with E-state index in [1.54, 1.807) is 0 Å². The first-order chi connectivity index (χ1) is 10.1. The number of carboxylic acids is 1. The SMILES string of the molecule is CC(C)CC(NC(=O)CCN(CC(C)C)CC(C)C)C(=O)O.